The first-order valence-electron chi connectivity index (χ1n) is 5.51. The van der Waals surface area contributed by atoms with Gasteiger partial charge in [-0.1, -0.05) is 13.8 Å². The molecule has 0 aliphatic carbocycles. The molecule has 0 saturated carbocycles. The number of aromatic nitrogens is 4. The highest BCUT2D eigenvalue weighted by atomic mass is 32.2. The van der Waals surface area contributed by atoms with Gasteiger partial charge in [-0.3, -0.25) is 9.82 Å². The predicted octanol–water partition coefficient (Wildman–Crippen LogP) is 1.06. The second kappa shape index (κ2) is 4.81. The average Bonchev–Trinajstić information content (AvgIpc) is 2.87. The number of hydrogen-bond donors (Lipinski definition) is 2. The Morgan fingerprint density at radius 1 is 1.50 bits per heavy atom. The normalized spacial score (nSPS) is 11.9. The number of nitrogens with zero attached hydrogens (tertiary/aromatic N) is 3. The van der Waals surface area contributed by atoms with Crippen LogP contribution in [0.3, 0.4) is 0 Å². The number of hydrogen-bond acceptors (Lipinski definition) is 4. The van der Waals surface area contributed by atoms with Crippen LogP contribution in [0.2, 0.25) is 0 Å². The van der Waals surface area contributed by atoms with Gasteiger partial charge in [-0.25, -0.2) is 4.98 Å². The molecule has 2 aromatic rings. The minimum Gasteiger partial charge on any atom is -0.336 e. The van der Waals surface area contributed by atoms with Crippen LogP contribution in [0.4, 0.5) is 5.69 Å². The lowest BCUT2D eigenvalue weighted by molar-refractivity contribution is 0.522. The van der Waals surface area contributed by atoms with Crippen LogP contribution in [0.1, 0.15) is 13.8 Å². The Balaban J connectivity index is 2.17. The number of aromatic amines is 1. The van der Waals surface area contributed by atoms with E-state index in [1.54, 1.807) is 4.57 Å². The maximum absolute atomic E-state index is 12.0. The van der Waals surface area contributed by atoms with Crippen molar-refractivity contribution < 1.29 is 8.42 Å². The minimum atomic E-state index is -3.64. The van der Waals surface area contributed by atoms with Gasteiger partial charge in [0.25, 0.3) is 10.0 Å². The van der Waals surface area contributed by atoms with Crippen molar-refractivity contribution in [3.05, 3.63) is 24.9 Å². The van der Waals surface area contributed by atoms with Gasteiger partial charge in [-0.15, -0.1) is 0 Å². The molecule has 0 fully saturated rings. The largest absolute Gasteiger partial charge is 0.336 e. The highest BCUT2D eigenvalue weighted by molar-refractivity contribution is 7.92. The Labute approximate surface area is 105 Å². The minimum absolute atomic E-state index is 0.00403. The molecule has 2 rings (SSSR count). The summed E-state index contributed by atoms with van der Waals surface area (Å²) in [5.41, 5.74) is 0.383. The summed E-state index contributed by atoms with van der Waals surface area (Å²) in [5, 5.41) is 6.20. The van der Waals surface area contributed by atoms with Gasteiger partial charge < -0.3 is 4.57 Å². The van der Waals surface area contributed by atoms with Gasteiger partial charge in [0.15, 0.2) is 5.03 Å². The average molecular weight is 269 g/mol. The zero-order chi connectivity index (χ0) is 13.2. The van der Waals surface area contributed by atoms with Gasteiger partial charge in [-0.05, 0) is 5.92 Å². The standard InChI is InChI=1S/C10H15N5O2S/c1-8(2)5-15-6-10(11-7-15)18(16,17)14-9-3-12-13-4-9/h3-4,6-8,14H,5H2,1-2H3,(H,12,13). The van der Waals surface area contributed by atoms with E-state index in [-0.39, 0.29) is 5.03 Å². The van der Waals surface area contributed by atoms with E-state index in [0.29, 0.717) is 11.6 Å². The molecular weight excluding hydrogens is 254 g/mol. The third-order valence-electron chi connectivity index (χ3n) is 2.21. The number of anilines is 1. The summed E-state index contributed by atoms with van der Waals surface area (Å²) >= 11 is 0. The van der Waals surface area contributed by atoms with Gasteiger partial charge in [0.2, 0.25) is 0 Å². The molecule has 98 valence electrons. The zero-order valence-electron chi connectivity index (χ0n) is 10.2. The lowest BCUT2D eigenvalue weighted by Gasteiger charge is -2.04. The van der Waals surface area contributed by atoms with Crippen molar-refractivity contribution in [3.63, 3.8) is 0 Å². The number of sulfonamides is 1. The summed E-state index contributed by atoms with van der Waals surface area (Å²) in [6, 6.07) is 0. The lowest BCUT2D eigenvalue weighted by Crippen LogP contribution is -2.13. The van der Waals surface area contributed by atoms with E-state index in [9.17, 15) is 8.42 Å². The summed E-state index contributed by atoms with van der Waals surface area (Å²) in [4.78, 5) is 3.90. The Morgan fingerprint density at radius 2 is 2.28 bits per heavy atom. The van der Waals surface area contributed by atoms with Gasteiger partial charge >= 0.3 is 0 Å². The van der Waals surface area contributed by atoms with Crippen molar-refractivity contribution in [1.82, 2.24) is 19.7 Å². The van der Waals surface area contributed by atoms with Crippen LogP contribution < -0.4 is 4.72 Å². The van der Waals surface area contributed by atoms with E-state index in [0.717, 1.165) is 6.54 Å². The van der Waals surface area contributed by atoms with Crippen LogP contribution in [0.25, 0.3) is 0 Å². The number of H-pyrrole nitrogens is 1. The van der Waals surface area contributed by atoms with Crippen molar-refractivity contribution in [2.45, 2.75) is 25.4 Å². The van der Waals surface area contributed by atoms with Gasteiger partial charge in [-0.2, -0.15) is 13.5 Å². The molecule has 8 heteroatoms. The quantitative estimate of drug-likeness (QED) is 0.849. The third-order valence-corrected chi connectivity index (χ3v) is 3.48. The molecular formula is C10H15N5O2S. The Kier molecular flexibility index (Phi) is 3.37. The van der Waals surface area contributed by atoms with Crippen molar-refractivity contribution in [1.29, 1.82) is 0 Å². The summed E-state index contributed by atoms with van der Waals surface area (Å²) in [5.74, 6) is 0.427. The number of imidazole rings is 1. The number of nitrogens with one attached hydrogen (secondary N) is 2. The molecule has 0 aliphatic rings. The fraction of sp³-hybridized carbons (Fsp3) is 0.400. The van der Waals surface area contributed by atoms with E-state index < -0.39 is 10.0 Å². The predicted molar refractivity (Wildman–Crippen MR) is 66.5 cm³/mol. The van der Waals surface area contributed by atoms with Crippen molar-refractivity contribution in [2.24, 2.45) is 5.92 Å². The summed E-state index contributed by atoms with van der Waals surface area (Å²) in [6.45, 7) is 4.84. The highest BCUT2D eigenvalue weighted by Crippen LogP contribution is 2.13. The van der Waals surface area contributed by atoms with Crippen LogP contribution in [-0.2, 0) is 16.6 Å². The first-order valence-corrected chi connectivity index (χ1v) is 6.99. The van der Waals surface area contributed by atoms with Crippen LogP contribution in [0.15, 0.2) is 29.9 Å². The second-order valence-electron chi connectivity index (χ2n) is 4.40. The molecule has 2 aromatic heterocycles. The molecule has 18 heavy (non-hydrogen) atoms. The molecule has 2 heterocycles. The monoisotopic (exact) mass is 269 g/mol. The maximum atomic E-state index is 12.0. The Hall–Kier alpha value is -1.83. The van der Waals surface area contributed by atoms with Crippen molar-refractivity contribution in [3.8, 4) is 0 Å². The van der Waals surface area contributed by atoms with Crippen LogP contribution in [0, 0.1) is 5.92 Å². The molecule has 0 atom stereocenters. The molecule has 0 bridgehead atoms. The van der Waals surface area contributed by atoms with E-state index in [4.69, 9.17) is 0 Å². The summed E-state index contributed by atoms with van der Waals surface area (Å²) in [6.07, 6.45) is 5.89. The summed E-state index contributed by atoms with van der Waals surface area (Å²) < 4.78 is 28.1. The highest BCUT2D eigenvalue weighted by Gasteiger charge is 2.18. The molecule has 0 aromatic carbocycles. The fourth-order valence-electron chi connectivity index (χ4n) is 1.51. The van der Waals surface area contributed by atoms with E-state index in [1.165, 1.54) is 24.9 Å². The molecule has 2 N–H and O–H groups in total. The second-order valence-corrected chi connectivity index (χ2v) is 6.02. The smallest absolute Gasteiger partial charge is 0.281 e. The zero-order valence-corrected chi connectivity index (χ0v) is 11.0. The molecule has 0 radical (unpaired) electrons. The summed E-state index contributed by atoms with van der Waals surface area (Å²) in [7, 11) is -3.64. The third kappa shape index (κ3) is 2.89. The molecule has 7 nitrogen and oxygen atoms in total. The molecule has 0 saturated heterocycles. The van der Waals surface area contributed by atoms with Crippen molar-refractivity contribution >= 4 is 15.7 Å². The first-order chi connectivity index (χ1) is 8.47. The van der Waals surface area contributed by atoms with Crippen molar-refractivity contribution in [2.75, 3.05) is 4.72 Å². The van der Waals surface area contributed by atoms with Gasteiger partial charge in [0.1, 0.15) is 0 Å². The molecule has 0 spiro atoms. The molecule has 0 aliphatic heterocycles. The van der Waals surface area contributed by atoms with E-state index >= 15 is 0 Å². The van der Waals surface area contributed by atoms with E-state index in [2.05, 4.69) is 33.8 Å². The van der Waals surface area contributed by atoms with Crippen LogP contribution >= 0.6 is 0 Å². The molecule has 0 amide bonds. The van der Waals surface area contributed by atoms with Crippen LogP contribution in [-0.4, -0.2) is 28.2 Å². The van der Waals surface area contributed by atoms with E-state index in [1.807, 2.05) is 0 Å². The Bertz CT molecular complexity index is 600. The topological polar surface area (TPSA) is 92.7 Å². The fourth-order valence-corrected chi connectivity index (χ4v) is 2.50. The SMILES string of the molecule is CC(C)Cn1cnc(S(=O)(=O)Nc2cn[nH]c2)c1. The lowest BCUT2D eigenvalue weighted by atomic mass is 10.2. The maximum Gasteiger partial charge on any atom is 0.281 e. The first kappa shape index (κ1) is 12.6. The van der Waals surface area contributed by atoms with Gasteiger partial charge in [0.05, 0.1) is 18.2 Å². The Morgan fingerprint density at radius 3 is 2.89 bits per heavy atom. The van der Waals surface area contributed by atoms with Gasteiger partial charge in [0, 0.05) is 18.9 Å². The number of rotatable bonds is 5. The molecule has 0 unspecified atom stereocenters. The van der Waals surface area contributed by atoms with Crippen LogP contribution in [0.5, 0.6) is 0 Å².